The highest BCUT2D eigenvalue weighted by Crippen LogP contribution is 2.20. The van der Waals surface area contributed by atoms with Crippen molar-refractivity contribution in [3.63, 3.8) is 0 Å². The summed E-state index contributed by atoms with van der Waals surface area (Å²) in [7, 11) is 0. The SMILES string of the molecule is N#Cc1cnn(-c2ccccn2)c1[N+]#N. The number of diazo groups is 1. The van der Waals surface area contributed by atoms with Gasteiger partial charge >= 0.3 is 5.82 Å². The number of hydrogen-bond donors (Lipinski definition) is 0. The van der Waals surface area contributed by atoms with Gasteiger partial charge < -0.3 is 0 Å². The van der Waals surface area contributed by atoms with Gasteiger partial charge in [-0.15, -0.1) is 0 Å². The first kappa shape index (κ1) is 8.85. The molecule has 6 nitrogen and oxygen atoms in total. The van der Waals surface area contributed by atoms with Crippen LogP contribution in [0.15, 0.2) is 30.6 Å². The van der Waals surface area contributed by atoms with Crippen molar-refractivity contribution in [2.45, 2.75) is 0 Å². The largest absolute Gasteiger partial charge is 0.470 e. The van der Waals surface area contributed by atoms with E-state index in [1.807, 2.05) is 6.07 Å². The number of pyridine rings is 1. The van der Waals surface area contributed by atoms with Crippen molar-refractivity contribution in [3.8, 4) is 11.9 Å². The Balaban J connectivity index is 2.62. The fourth-order valence-electron chi connectivity index (χ4n) is 1.16. The molecule has 2 heterocycles. The van der Waals surface area contributed by atoms with Gasteiger partial charge in [-0.3, -0.25) is 0 Å². The molecule has 0 radical (unpaired) electrons. The van der Waals surface area contributed by atoms with Crippen molar-refractivity contribution in [3.05, 3.63) is 41.1 Å². The number of aromatic nitrogens is 3. The fourth-order valence-corrected chi connectivity index (χ4v) is 1.16. The molecule has 2 aromatic heterocycles. The molecule has 15 heavy (non-hydrogen) atoms. The zero-order valence-electron chi connectivity index (χ0n) is 7.57. The number of rotatable bonds is 1. The molecular weight excluding hydrogens is 192 g/mol. The van der Waals surface area contributed by atoms with E-state index >= 15 is 0 Å². The second-order valence-electron chi connectivity index (χ2n) is 2.69. The van der Waals surface area contributed by atoms with Gasteiger partial charge in [-0.25, -0.2) is 4.98 Å². The Bertz CT molecular complexity index is 557. The van der Waals surface area contributed by atoms with E-state index in [1.165, 1.54) is 10.9 Å². The molecule has 0 saturated carbocycles. The molecule has 2 rings (SSSR count). The van der Waals surface area contributed by atoms with Crippen LogP contribution in [0.4, 0.5) is 5.82 Å². The second kappa shape index (κ2) is 3.56. The van der Waals surface area contributed by atoms with Crippen LogP contribution in [-0.4, -0.2) is 14.8 Å². The average molecular weight is 197 g/mol. The topological polar surface area (TPSA) is 82.7 Å². The van der Waals surface area contributed by atoms with Crippen LogP contribution in [-0.2, 0) is 0 Å². The maximum atomic E-state index is 8.77. The van der Waals surface area contributed by atoms with Crippen LogP contribution in [0.25, 0.3) is 10.8 Å². The maximum Gasteiger partial charge on any atom is 0.470 e. The number of nitrogens with zero attached hydrogens (tertiary/aromatic N) is 6. The lowest BCUT2D eigenvalue weighted by atomic mass is 10.4. The molecule has 0 aromatic carbocycles. The molecule has 0 atom stereocenters. The first-order chi connectivity index (χ1) is 7.36. The van der Waals surface area contributed by atoms with Crippen LogP contribution in [0.5, 0.6) is 0 Å². The van der Waals surface area contributed by atoms with E-state index in [1.54, 1.807) is 24.4 Å². The standard InChI is InChI=1S/C9H5N6/c10-5-7-6-13-15(9(7)14-11)8-3-1-2-4-12-8/h1-4,6H/q+1. The summed E-state index contributed by atoms with van der Waals surface area (Å²) in [6.07, 6.45) is 2.91. The highest BCUT2D eigenvalue weighted by Gasteiger charge is 2.24. The van der Waals surface area contributed by atoms with Gasteiger partial charge in [0.2, 0.25) is 5.82 Å². The molecule has 2 aromatic rings. The van der Waals surface area contributed by atoms with Crippen molar-refractivity contribution in [1.82, 2.24) is 14.8 Å². The minimum atomic E-state index is 0.0798. The zero-order chi connectivity index (χ0) is 10.7. The molecule has 0 unspecified atom stereocenters. The summed E-state index contributed by atoms with van der Waals surface area (Å²) in [4.78, 5) is 7.04. The van der Waals surface area contributed by atoms with Crippen LogP contribution in [0, 0.1) is 16.7 Å². The molecule has 0 bridgehead atoms. The Hall–Kier alpha value is -2.73. The molecule has 70 valence electrons. The molecule has 0 aliphatic carbocycles. The van der Waals surface area contributed by atoms with Crippen LogP contribution >= 0.6 is 0 Å². The van der Waals surface area contributed by atoms with Crippen molar-refractivity contribution < 1.29 is 0 Å². The first-order valence-corrected chi connectivity index (χ1v) is 4.11. The third-order valence-corrected chi connectivity index (χ3v) is 1.83. The quantitative estimate of drug-likeness (QED) is 0.650. The van der Waals surface area contributed by atoms with Crippen molar-refractivity contribution in [2.75, 3.05) is 0 Å². The Kier molecular flexibility index (Phi) is 2.10. The summed E-state index contributed by atoms with van der Waals surface area (Å²) in [6.45, 7) is 0. The first-order valence-electron chi connectivity index (χ1n) is 4.11. The average Bonchev–Trinajstić information content (AvgIpc) is 2.72. The summed E-state index contributed by atoms with van der Waals surface area (Å²) in [6, 6.07) is 7.10. The monoisotopic (exact) mass is 197 g/mol. The van der Waals surface area contributed by atoms with E-state index in [0.29, 0.717) is 5.82 Å². The van der Waals surface area contributed by atoms with Gasteiger partial charge in [-0.05, 0) is 6.07 Å². The molecule has 6 heteroatoms. The molecule has 0 aliphatic heterocycles. The van der Waals surface area contributed by atoms with Crippen molar-refractivity contribution in [2.24, 2.45) is 0 Å². The van der Waals surface area contributed by atoms with Gasteiger partial charge in [0.1, 0.15) is 6.07 Å². The third-order valence-electron chi connectivity index (χ3n) is 1.83. The van der Waals surface area contributed by atoms with Crippen molar-refractivity contribution in [1.29, 1.82) is 10.7 Å². The minimum Gasteiger partial charge on any atom is -0.216 e. The molecular formula is C9H5N6+. The Morgan fingerprint density at radius 2 is 2.27 bits per heavy atom. The Morgan fingerprint density at radius 3 is 2.87 bits per heavy atom. The third kappa shape index (κ3) is 1.40. The van der Waals surface area contributed by atoms with Gasteiger partial charge in [-0.2, -0.15) is 5.26 Å². The van der Waals surface area contributed by atoms with E-state index < -0.39 is 0 Å². The predicted octanol–water partition coefficient (Wildman–Crippen LogP) is 1.62. The lowest BCUT2D eigenvalue weighted by Gasteiger charge is -1.89. The van der Waals surface area contributed by atoms with Crippen LogP contribution in [0.1, 0.15) is 5.56 Å². The second-order valence-corrected chi connectivity index (χ2v) is 2.69. The molecule has 0 N–H and O–H groups in total. The lowest BCUT2D eigenvalue weighted by Crippen LogP contribution is -1.97. The van der Waals surface area contributed by atoms with E-state index in [0.717, 1.165) is 0 Å². The summed E-state index contributed by atoms with van der Waals surface area (Å²) < 4.78 is 1.29. The van der Waals surface area contributed by atoms with Gasteiger partial charge in [0.05, 0.1) is 11.6 Å². The van der Waals surface area contributed by atoms with E-state index in [-0.39, 0.29) is 11.4 Å². The summed E-state index contributed by atoms with van der Waals surface area (Å²) in [5.41, 5.74) is 0.197. The van der Waals surface area contributed by atoms with Gasteiger partial charge in [0.25, 0.3) is 0 Å². The van der Waals surface area contributed by atoms with Crippen molar-refractivity contribution >= 4 is 5.82 Å². The smallest absolute Gasteiger partial charge is 0.216 e. The zero-order valence-corrected chi connectivity index (χ0v) is 7.57. The minimum absolute atomic E-state index is 0.0798. The molecule has 0 spiro atoms. The van der Waals surface area contributed by atoms with Gasteiger partial charge in [0, 0.05) is 17.2 Å². The van der Waals surface area contributed by atoms with Crippen LogP contribution in [0.3, 0.4) is 0 Å². The Labute approximate surface area is 85.0 Å². The highest BCUT2D eigenvalue weighted by atomic mass is 15.3. The predicted molar refractivity (Wildman–Crippen MR) is 50.8 cm³/mol. The summed E-state index contributed by atoms with van der Waals surface area (Å²) in [5, 5.41) is 21.4. The van der Waals surface area contributed by atoms with Crippen LogP contribution < -0.4 is 0 Å². The summed E-state index contributed by atoms with van der Waals surface area (Å²) in [5.74, 6) is 0.572. The fraction of sp³-hybridized carbons (Fsp3) is 0. The number of hydrogen-bond acceptors (Lipinski definition) is 4. The van der Waals surface area contributed by atoms with E-state index in [2.05, 4.69) is 15.1 Å². The molecule has 0 fully saturated rings. The molecule has 0 amide bonds. The molecule has 0 saturated heterocycles. The van der Waals surface area contributed by atoms with Gasteiger partial charge in [0.15, 0.2) is 5.56 Å². The Morgan fingerprint density at radius 1 is 1.40 bits per heavy atom. The van der Waals surface area contributed by atoms with Gasteiger partial charge in [-0.1, -0.05) is 15.8 Å². The van der Waals surface area contributed by atoms with E-state index in [4.69, 9.17) is 10.7 Å². The molecule has 0 aliphatic rings. The lowest BCUT2D eigenvalue weighted by molar-refractivity contribution is 0.858. The maximum absolute atomic E-state index is 8.77. The highest BCUT2D eigenvalue weighted by molar-refractivity contribution is 5.54. The van der Waals surface area contributed by atoms with Crippen LogP contribution in [0.2, 0.25) is 0 Å². The normalized spacial score (nSPS) is 9.20. The summed E-state index contributed by atoms with van der Waals surface area (Å²) >= 11 is 0. The number of nitriles is 1. The van der Waals surface area contributed by atoms with E-state index in [9.17, 15) is 0 Å².